The highest BCUT2D eigenvalue weighted by molar-refractivity contribution is 6.05. The molecule has 1 aromatic rings. The van der Waals surface area contributed by atoms with E-state index >= 15 is 0 Å². The Morgan fingerprint density at radius 1 is 0.913 bits per heavy atom. The number of allylic oxidation sites excluding steroid dienone is 4. The van der Waals surface area contributed by atoms with Gasteiger partial charge >= 0.3 is 0 Å². The van der Waals surface area contributed by atoms with Crippen LogP contribution in [0.15, 0.2) is 46.9 Å². The first kappa shape index (κ1) is 14.4. The number of ketones is 2. The average Bonchev–Trinajstić information content (AvgIpc) is 2.53. The van der Waals surface area contributed by atoms with E-state index in [9.17, 15) is 14.0 Å². The van der Waals surface area contributed by atoms with Crippen LogP contribution in [0, 0.1) is 5.82 Å². The van der Waals surface area contributed by atoms with Gasteiger partial charge in [-0.15, -0.1) is 0 Å². The number of rotatable bonds is 1. The van der Waals surface area contributed by atoms with E-state index in [2.05, 4.69) is 0 Å². The molecule has 2 aliphatic carbocycles. The number of carbonyl (C=O) groups is 2. The van der Waals surface area contributed by atoms with Crippen LogP contribution in [-0.2, 0) is 14.3 Å². The first-order valence-electron chi connectivity index (χ1n) is 8.11. The molecule has 23 heavy (non-hydrogen) atoms. The summed E-state index contributed by atoms with van der Waals surface area (Å²) in [5.41, 5.74) is 1.80. The number of benzene rings is 1. The van der Waals surface area contributed by atoms with Crippen molar-refractivity contribution in [2.45, 2.75) is 44.4 Å². The highest BCUT2D eigenvalue weighted by Crippen LogP contribution is 2.47. The summed E-state index contributed by atoms with van der Waals surface area (Å²) in [6.45, 7) is 0. The summed E-state index contributed by atoms with van der Waals surface area (Å²) in [4.78, 5) is 25.0. The number of halogens is 1. The van der Waals surface area contributed by atoms with Crippen LogP contribution in [0.5, 0.6) is 0 Å². The van der Waals surface area contributed by atoms with E-state index in [1.807, 2.05) is 0 Å². The zero-order chi connectivity index (χ0) is 16.0. The van der Waals surface area contributed by atoms with Crippen LogP contribution in [0.1, 0.15) is 50.0 Å². The second-order valence-electron chi connectivity index (χ2n) is 6.32. The van der Waals surface area contributed by atoms with Gasteiger partial charge in [0.2, 0.25) is 0 Å². The van der Waals surface area contributed by atoms with E-state index in [4.69, 9.17) is 4.74 Å². The molecule has 0 spiro atoms. The number of Topliss-reactive ketones (excluding diaryl/α,β-unsaturated/α-hetero) is 2. The lowest BCUT2D eigenvalue weighted by Crippen LogP contribution is -2.30. The number of hydrogen-bond acceptors (Lipinski definition) is 3. The van der Waals surface area contributed by atoms with Crippen molar-refractivity contribution in [3.05, 3.63) is 58.3 Å². The quantitative estimate of drug-likeness (QED) is 0.788. The minimum Gasteiger partial charge on any atom is -0.465 e. The highest BCUT2D eigenvalue weighted by Gasteiger charge is 2.41. The minimum absolute atomic E-state index is 0.0189. The molecule has 0 unspecified atom stereocenters. The molecule has 4 rings (SSSR count). The third-order valence-corrected chi connectivity index (χ3v) is 4.82. The van der Waals surface area contributed by atoms with Crippen molar-refractivity contribution in [3.63, 3.8) is 0 Å². The summed E-state index contributed by atoms with van der Waals surface area (Å²) in [6, 6.07) is 6.22. The maximum Gasteiger partial charge on any atom is 0.163 e. The minimum atomic E-state index is -0.468. The third-order valence-electron chi connectivity index (χ3n) is 4.82. The maximum absolute atomic E-state index is 13.7. The van der Waals surface area contributed by atoms with Crippen molar-refractivity contribution in [1.82, 2.24) is 0 Å². The van der Waals surface area contributed by atoms with E-state index in [-0.39, 0.29) is 17.4 Å². The Balaban J connectivity index is 1.92. The van der Waals surface area contributed by atoms with E-state index in [1.165, 1.54) is 12.1 Å². The van der Waals surface area contributed by atoms with E-state index in [0.29, 0.717) is 53.9 Å². The van der Waals surface area contributed by atoms with Gasteiger partial charge in [0, 0.05) is 42.7 Å². The van der Waals surface area contributed by atoms with Crippen LogP contribution in [0.2, 0.25) is 0 Å². The highest BCUT2D eigenvalue weighted by atomic mass is 19.1. The van der Waals surface area contributed by atoms with Crippen LogP contribution in [0.3, 0.4) is 0 Å². The summed E-state index contributed by atoms with van der Waals surface area (Å²) in [5, 5.41) is 0. The summed E-state index contributed by atoms with van der Waals surface area (Å²) in [5.74, 6) is 0.582. The van der Waals surface area contributed by atoms with Gasteiger partial charge in [-0.3, -0.25) is 9.59 Å². The molecule has 1 aliphatic heterocycles. The summed E-state index contributed by atoms with van der Waals surface area (Å²) < 4.78 is 19.7. The van der Waals surface area contributed by atoms with Crippen LogP contribution >= 0.6 is 0 Å². The Bertz CT molecular complexity index is 731. The Kier molecular flexibility index (Phi) is 3.40. The Morgan fingerprint density at radius 2 is 1.52 bits per heavy atom. The SMILES string of the molecule is O=C1CCCC2=C1C(c1cccc(F)c1)C1=C(CCCC1=O)O2. The second kappa shape index (κ2) is 5.44. The largest absolute Gasteiger partial charge is 0.465 e. The first-order chi connectivity index (χ1) is 11.1. The van der Waals surface area contributed by atoms with Gasteiger partial charge < -0.3 is 4.74 Å². The predicted molar refractivity (Wildman–Crippen MR) is 82.0 cm³/mol. The number of ether oxygens (including phenoxy) is 1. The molecule has 3 nitrogen and oxygen atoms in total. The monoisotopic (exact) mass is 312 g/mol. The van der Waals surface area contributed by atoms with E-state index in [1.54, 1.807) is 12.1 Å². The lowest BCUT2D eigenvalue weighted by Gasteiger charge is -2.35. The molecule has 0 fully saturated rings. The lowest BCUT2D eigenvalue weighted by molar-refractivity contribution is -0.117. The molecule has 0 N–H and O–H groups in total. The number of hydrogen-bond donors (Lipinski definition) is 0. The van der Waals surface area contributed by atoms with Gasteiger partial charge in [-0.25, -0.2) is 4.39 Å². The van der Waals surface area contributed by atoms with Crippen molar-refractivity contribution in [2.75, 3.05) is 0 Å². The molecule has 4 heteroatoms. The van der Waals surface area contributed by atoms with Gasteiger partial charge in [-0.05, 0) is 30.5 Å². The summed E-state index contributed by atoms with van der Waals surface area (Å²) in [7, 11) is 0. The lowest BCUT2D eigenvalue weighted by atomic mass is 9.73. The normalized spacial score (nSPS) is 22.0. The second-order valence-corrected chi connectivity index (χ2v) is 6.32. The van der Waals surface area contributed by atoms with Crippen molar-refractivity contribution in [1.29, 1.82) is 0 Å². The molecule has 1 heterocycles. The molecule has 0 atom stereocenters. The van der Waals surface area contributed by atoms with E-state index in [0.717, 1.165) is 12.8 Å². The molecule has 118 valence electrons. The molecular weight excluding hydrogens is 295 g/mol. The molecule has 0 saturated carbocycles. The molecule has 3 aliphatic rings. The van der Waals surface area contributed by atoms with Crippen LogP contribution in [0.25, 0.3) is 0 Å². The van der Waals surface area contributed by atoms with E-state index < -0.39 is 5.92 Å². The first-order valence-corrected chi connectivity index (χ1v) is 8.11. The fourth-order valence-corrected chi connectivity index (χ4v) is 3.84. The zero-order valence-electron chi connectivity index (χ0n) is 12.7. The molecule has 0 radical (unpaired) electrons. The van der Waals surface area contributed by atoms with Gasteiger partial charge in [0.1, 0.15) is 17.3 Å². The molecule has 0 saturated heterocycles. The molecule has 0 amide bonds. The number of carbonyl (C=O) groups excluding carboxylic acids is 2. The Morgan fingerprint density at radius 3 is 2.09 bits per heavy atom. The van der Waals surface area contributed by atoms with Crippen molar-refractivity contribution in [3.8, 4) is 0 Å². The fourth-order valence-electron chi connectivity index (χ4n) is 3.84. The topological polar surface area (TPSA) is 43.4 Å². The maximum atomic E-state index is 13.7. The Hall–Kier alpha value is -2.23. The van der Waals surface area contributed by atoms with Crippen LogP contribution < -0.4 is 0 Å². The molecule has 0 aromatic heterocycles. The fraction of sp³-hybridized carbons (Fsp3) is 0.368. The van der Waals surface area contributed by atoms with Gasteiger partial charge in [0.05, 0.1) is 0 Å². The zero-order valence-corrected chi connectivity index (χ0v) is 12.7. The smallest absolute Gasteiger partial charge is 0.163 e. The van der Waals surface area contributed by atoms with Gasteiger partial charge in [0.25, 0.3) is 0 Å². The van der Waals surface area contributed by atoms with Crippen LogP contribution in [0.4, 0.5) is 4.39 Å². The van der Waals surface area contributed by atoms with Crippen LogP contribution in [-0.4, -0.2) is 11.6 Å². The van der Waals surface area contributed by atoms with Crippen molar-refractivity contribution in [2.24, 2.45) is 0 Å². The molecular formula is C19H17FO3. The average molecular weight is 312 g/mol. The van der Waals surface area contributed by atoms with Gasteiger partial charge in [-0.2, -0.15) is 0 Å². The Labute approximate surface area is 133 Å². The molecule has 1 aromatic carbocycles. The van der Waals surface area contributed by atoms with Gasteiger partial charge in [0.15, 0.2) is 11.6 Å². The summed E-state index contributed by atoms with van der Waals surface area (Å²) in [6.07, 6.45) is 3.87. The predicted octanol–water partition coefficient (Wildman–Crippen LogP) is 3.95. The van der Waals surface area contributed by atoms with Crippen molar-refractivity contribution < 1.29 is 18.7 Å². The molecule has 0 bridgehead atoms. The standard InChI is InChI=1S/C19H17FO3/c20-12-5-1-4-11(10-12)17-18-13(21)6-2-8-15(18)23-16-9-3-7-14(22)19(16)17/h1,4-5,10,17H,2-3,6-9H2. The summed E-state index contributed by atoms with van der Waals surface area (Å²) >= 11 is 0. The third kappa shape index (κ3) is 2.33. The van der Waals surface area contributed by atoms with Gasteiger partial charge in [-0.1, -0.05) is 12.1 Å². The van der Waals surface area contributed by atoms with Crippen molar-refractivity contribution >= 4 is 11.6 Å².